The highest BCUT2D eigenvalue weighted by molar-refractivity contribution is 7.89. The van der Waals surface area contributed by atoms with Crippen molar-refractivity contribution in [3.63, 3.8) is 0 Å². The van der Waals surface area contributed by atoms with Crippen LogP contribution in [-0.4, -0.2) is 36.6 Å². The van der Waals surface area contributed by atoms with Crippen molar-refractivity contribution in [3.05, 3.63) is 59.4 Å². The number of nitrogens with zero attached hydrogens (tertiary/aromatic N) is 2. The van der Waals surface area contributed by atoms with E-state index in [-0.39, 0.29) is 17.7 Å². The third kappa shape index (κ3) is 3.32. The van der Waals surface area contributed by atoms with E-state index in [1.807, 2.05) is 30.2 Å². The van der Waals surface area contributed by atoms with E-state index in [2.05, 4.69) is 4.57 Å². The third-order valence-electron chi connectivity index (χ3n) is 4.23. The second-order valence-corrected chi connectivity index (χ2v) is 8.21. The van der Waals surface area contributed by atoms with Crippen molar-refractivity contribution in [1.82, 2.24) is 9.47 Å². The fraction of sp³-hybridized carbons (Fsp3) is 0.353. The van der Waals surface area contributed by atoms with Crippen molar-refractivity contribution in [2.24, 2.45) is 0 Å². The molecule has 0 saturated carbocycles. The maximum Gasteiger partial charge on any atom is 0.254 e. The molecule has 6 heteroatoms. The van der Waals surface area contributed by atoms with Crippen molar-refractivity contribution in [2.45, 2.75) is 25.3 Å². The van der Waals surface area contributed by atoms with E-state index in [9.17, 15) is 13.2 Å². The van der Waals surface area contributed by atoms with Crippen LogP contribution < -0.4 is 0 Å². The summed E-state index contributed by atoms with van der Waals surface area (Å²) in [7, 11) is -3.06. The lowest BCUT2D eigenvalue weighted by Gasteiger charge is -2.35. The zero-order chi connectivity index (χ0) is 16.6. The Balaban J connectivity index is 1.79. The van der Waals surface area contributed by atoms with Crippen molar-refractivity contribution in [1.29, 1.82) is 0 Å². The highest BCUT2D eigenvalue weighted by Crippen LogP contribution is 2.27. The largest absolute Gasteiger partial charge is 0.348 e. The van der Waals surface area contributed by atoms with Crippen LogP contribution in [0.3, 0.4) is 0 Å². The molecule has 1 atom stereocenters. The maximum absolute atomic E-state index is 12.7. The van der Waals surface area contributed by atoms with Gasteiger partial charge in [0.15, 0.2) is 9.84 Å². The molecule has 2 aromatic rings. The molecule has 3 rings (SSSR count). The smallest absolute Gasteiger partial charge is 0.254 e. The Labute approximate surface area is 136 Å². The Kier molecular flexibility index (Phi) is 4.02. The number of rotatable bonds is 3. The second-order valence-electron chi connectivity index (χ2n) is 6.07. The molecule has 5 nitrogen and oxygen atoms in total. The normalized spacial score (nSPS) is 17.8. The van der Waals surface area contributed by atoms with Gasteiger partial charge in [0.2, 0.25) is 0 Å². The average Bonchev–Trinajstić information content (AvgIpc) is 2.95. The number of amides is 1. The van der Waals surface area contributed by atoms with Crippen LogP contribution in [0.5, 0.6) is 0 Å². The van der Waals surface area contributed by atoms with Crippen molar-refractivity contribution in [3.8, 4) is 0 Å². The lowest BCUT2D eigenvalue weighted by molar-refractivity contribution is 0.0644. The number of carbonyl (C=O) groups is 1. The summed E-state index contributed by atoms with van der Waals surface area (Å²) in [4.78, 5) is 14.6. The molecular formula is C17H20N2O3S. The van der Waals surface area contributed by atoms with Gasteiger partial charge < -0.3 is 9.47 Å². The van der Waals surface area contributed by atoms with Gasteiger partial charge in [0.25, 0.3) is 5.91 Å². The van der Waals surface area contributed by atoms with E-state index in [1.165, 1.54) is 6.26 Å². The molecule has 1 aliphatic heterocycles. The summed E-state index contributed by atoms with van der Waals surface area (Å²) in [5.41, 5.74) is 2.43. The van der Waals surface area contributed by atoms with Gasteiger partial charge in [-0.05, 0) is 36.8 Å². The summed E-state index contributed by atoms with van der Waals surface area (Å²) in [6.07, 6.45) is 3.24. The molecular weight excluding hydrogens is 312 g/mol. The van der Waals surface area contributed by atoms with Crippen molar-refractivity contribution in [2.75, 3.05) is 12.8 Å². The lowest BCUT2D eigenvalue weighted by Crippen LogP contribution is -2.40. The van der Waals surface area contributed by atoms with Crippen LogP contribution in [-0.2, 0) is 22.1 Å². The molecule has 0 spiro atoms. The minimum atomic E-state index is -3.06. The Morgan fingerprint density at radius 2 is 1.87 bits per heavy atom. The Bertz CT molecular complexity index is 822. The second kappa shape index (κ2) is 5.85. The standard InChI is InChI=1S/C17H20N2O3S/c1-13-16-4-3-9-18(16)10-11-19(13)17(20)15-7-5-14(6-8-15)12-23(2,21)22/h3-9,13H,10-12H2,1-2H3. The highest BCUT2D eigenvalue weighted by atomic mass is 32.2. The van der Waals surface area contributed by atoms with Gasteiger partial charge >= 0.3 is 0 Å². The van der Waals surface area contributed by atoms with E-state index in [0.29, 0.717) is 17.7 Å². The minimum Gasteiger partial charge on any atom is -0.348 e. The zero-order valence-electron chi connectivity index (χ0n) is 13.3. The molecule has 0 radical (unpaired) electrons. The first-order valence-corrected chi connectivity index (χ1v) is 9.64. The number of fused-ring (bicyclic) bond motifs is 1. The van der Waals surface area contributed by atoms with Gasteiger partial charge in [0.05, 0.1) is 11.8 Å². The molecule has 0 fully saturated rings. The van der Waals surface area contributed by atoms with Crippen LogP contribution in [0.4, 0.5) is 0 Å². The third-order valence-corrected chi connectivity index (χ3v) is 5.09. The fourth-order valence-corrected chi connectivity index (χ4v) is 3.87. The predicted octanol–water partition coefficient (Wildman–Crippen LogP) is 2.25. The quantitative estimate of drug-likeness (QED) is 0.866. The molecule has 122 valence electrons. The van der Waals surface area contributed by atoms with E-state index >= 15 is 0 Å². The van der Waals surface area contributed by atoms with E-state index in [0.717, 1.165) is 12.2 Å². The fourth-order valence-electron chi connectivity index (χ4n) is 3.07. The molecule has 2 heterocycles. The molecule has 1 aliphatic rings. The molecule has 0 bridgehead atoms. The predicted molar refractivity (Wildman–Crippen MR) is 88.9 cm³/mol. The summed E-state index contributed by atoms with van der Waals surface area (Å²) in [5, 5.41) is 0. The SMILES string of the molecule is CC1c2cccn2CCN1C(=O)c1ccc(CS(C)(=O)=O)cc1. The van der Waals surface area contributed by atoms with Crippen LogP contribution in [0.25, 0.3) is 0 Å². The number of hydrogen-bond acceptors (Lipinski definition) is 3. The zero-order valence-corrected chi connectivity index (χ0v) is 14.1. The maximum atomic E-state index is 12.7. The van der Waals surface area contributed by atoms with Crippen LogP contribution in [0.2, 0.25) is 0 Å². The first-order valence-electron chi connectivity index (χ1n) is 7.58. The number of carbonyl (C=O) groups excluding carboxylic acids is 1. The van der Waals surface area contributed by atoms with E-state index in [4.69, 9.17) is 0 Å². The van der Waals surface area contributed by atoms with E-state index < -0.39 is 9.84 Å². The topological polar surface area (TPSA) is 59.4 Å². The van der Waals surface area contributed by atoms with Crippen LogP contribution in [0.1, 0.15) is 34.6 Å². The van der Waals surface area contributed by atoms with Gasteiger partial charge in [0, 0.05) is 36.8 Å². The molecule has 23 heavy (non-hydrogen) atoms. The first kappa shape index (κ1) is 15.8. The van der Waals surface area contributed by atoms with Gasteiger partial charge in [0.1, 0.15) is 0 Å². The van der Waals surface area contributed by atoms with Crippen molar-refractivity contribution >= 4 is 15.7 Å². The van der Waals surface area contributed by atoms with Crippen LogP contribution in [0.15, 0.2) is 42.6 Å². The molecule has 0 saturated heterocycles. The van der Waals surface area contributed by atoms with Gasteiger partial charge in [-0.1, -0.05) is 12.1 Å². The molecule has 1 aromatic carbocycles. The summed E-state index contributed by atoms with van der Waals surface area (Å²) in [6, 6.07) is 10.9. The van der Waals surface area contributed by atoms with Gasteiger partial charge in [-0.15, -0.1) is 0 Å². The summed E-state index contributed by atoms with van der Waals surface area (Å²) in [5.74, 6) is -0.0226. The highest BCUT2D eigenvalue weighted by Gasteiger charge is 2.27. The van der Waals surface area contributed by atoms with Gasteiger partial charge in [-0.25, -0.2) is 8.42 Å². The number of hydrogen-bond donors (Lipinski definition) is 0. The summed E-state index contributed by atoms with van der Waals surface area (Å²) >= 11 is 0. The van der Waals surface area contributed by atoms with E-state index in [1.54, 1.807) is 24.3 Å². The minimum absolute atomic E-state index is 0.00486. The first-order chi connectivity index (χ1) is 10.8. The molecule has 0 N–H and O–H groups in total. The summed E-state index contributed by atoms with van der Waals surface area (Å²) in [6.45, 7) is 3.50. The Hall–Kier alpha value is -2.08. The van der Waals surface area contributed by atoms with Crippen LogP contribution >= 0.6 is 0 Å². The average molecular weight is 332 g/mol. The lowest BCUT2D eigenvalue weighted by atomic mass is 10.1. The monoisotopic (exact) mass is 332 g/mol. The Morgan fingerprint density at radius 1 is 1.17 bits per heavy atom. The summed E-state index contributed by atoms with van der Waals surface area (Å²) < 4.78 is 24.8. The van der Waals surface area contributed by atoms with Crippen LogP contribution in [0, 0.1) is 0 Å². The number of benzene rings is 1. The van der Waals surface area contributed by atoms with Gasteiger partial charge in [-0.2, -0.15) is 0 Å². The van der Waals surface area contributed by atoms with Crippen molar-refractivity contribution < 1.29 is 13.2 Å². The molecule has 1 unspecified atom stereocenters. The molecule has 1 amide bonds. The number of sulfone groups is 1. The molecule has 0 aliphatic carbocycles. The molecule has 1 aromatic heterocycles. The number of aromatic nitrogens is 1. The Morgan fingerprint density at radius 3 is 2.52 bits per heavy atom. The van der Waals surface area contributed by atoms with Gasteiger partial charge in [-0.3, -0.25) is 4.79 Å².